The van der Waals surface area contributed by atoms with E-state index in [4.69, 9.17) is 16.3 Å². The Balaban J connectivity index is 2.10. The first-order chi connectivity index (χ1) is 13.1. The Morgan fingerprint density at radius 2 is 1.93 bits per heavy atom. The van der Waals surface area contributed by atoms with Gasteiger partial charge in [-0.25, -0.2) is 8.42 Å². The van der Waals surface area contributed by atoms with Gasteiger partial charge in [-0.2, -0.15) is 0 Å². The van der Waals surface area contributed by atoms with E-state index in [-0.39, 0.29) is 19.2 Å². The SMILES string of the molecule is Cc1ccc(Cl)cc1N(CC(=O)NCc1cccc(OC(C)C)c1)S(C)(=O)=O. The average Bonchev–Trinajstić information content (AvgIpc) is 2.59. The number of anilines is 1. The molecule has 0 aromatic heterocycles. The maximum Gasteiger partial charge on any atom is 0.241 e. The molecule has 1 amide bonds. The topological polar surface area (TPSA) is 75.7 Å². The lowest BCUT2D eigenvalue weighted by molar-refractivity contribution is -0.119. The number of nitrogens with zero attached hydrogens (tertiary/aromatic N) is 1. The molecule has 6 nitrogen and oxygen atoms in total. The number of amides is 1. The fourth-order valence-electron chi connectivity index (χ4n) is 2.62. The van der Waals surface area contributed by atoms with Gasteiger partial charge in [0.2, 0.25) is 15.9 Å². The highest BCUT2D eigenvalue weighted by Crippen LogP contribution is 2.26. The summed E-state index contributed by atoms with van der Waals surface area (Å²) < 4.78 is 31.2. The number of hydrogen-bond acceptors (Lipinski definition) is 4. The lowest BCUT2D eigenvalue weighted by Gasteiger charge is -2.24. The number of rotatable bonds is 8. The molecule has 0 saturated heterocycles. The molecule has 2 rings (SSSR count). The summed E-state index contributed by atoms with van der Waals surface area (Å²) in [5.74, 6) is 0.300. The number of ether oxygens (including phenoxy) is 1. The van der Waals surface area contributed by atoms with Gasteiger partial charge in [0.15, 0.2) is 0 Å². The van der Waals surface area contributed by atoms with Gasteiger partial charge in [0.05, 0.1) is 18.0 Å². The van der Waals surface area contributed by atoms with Gasteiger partial charge in [0.25, 0.3) is 0 Å². The van der Waals surface area contributed by atoms with Crippen LogP contribution < -0.4 is 14.4 Å². The minimum Gasteiger partial charge on any atom is -0.491 e. The summed E-state index contributed by atoms with van der Waals surface area (Å²) in [5.41, 5.74) is 1.95. The van der Waals surface area contributed by atoms with Crippen LogP contribution in [0.1, 0.15) is 25.0 Å². The highest BCUT2D eigenvalue weighted by atomic mass is 35.5. The zero-order valence-corrected chi connectivity index (χ0v) is 18.0. The predicted octanol–water partition coefficient (Wildman–Crippen LogP) is 3.52. The molecule has 0 aliphatic carbocycles. The van der Waals surface area contributed by atoms with Gasteiger partial charge in [0, 0.05) is 11.6 Å². The molecule has 1 N–H and O–H groups in total. The van der Waals surface area contributed by atoms with Crippen LogP contribution in [0.2, 0.25) is 5.02 Å². The average molecular weight is 425 g/mol. The van der Waals surface area contributed by atoms with Crippen molar-refractivity contribution in [2.75, 3.05) is 17.1 Å². The minimum atomic E-state index is -3.66. The second kappa shape index (κ2) is 9.30. The van der Waals surface area contributed by atoms with Crippen LogP contribution in [0.25, 0.3) is 0 Å². The summed E-state index contributed by atoms with van der Waals surface area (Å²) in [7, 11) is -3.66. The Hall–Kier alpha value is -2.25. The van der Waals surface area contributed by atoms with E-state index >= 15 is 0 Å². The van der Waals surface area contributed by atoms with Crippen LogP contribution in [-0.2, 0) is 21.4 Å². The van der Waals surface area contributed by atoms with Gasteiger partial charge < -0.3 is 10.1 Å². The predicted molar refractivity (Wildman–Crippen MR) is 112 cm³/mol. The van der Waals surface area contributed by atoms with Crippen molar-refractivity contribution in [3.63, 3.8) is 0 Å². The van der Waals surface area contributed by atoms with Gasteiger partial charge in [-0.1, -0.05) is 29.8 Å². The minimum absolute atomic E-state index is 0.0501. The molecule has 0 saturated carbocycles. The second-order valence-corrected chi connectivity index (χ2v) is 9.13. The highest BCUT2D eigenvalue weighted by Gasteiger charge is 2.22. The first-order valence-electron chi connectivity index (χ1n) is 8.82. The summed E-state index contributed by atoms with van der Waals surface area (Å²) in [6.07, 6.45) is 1.11. The van der Waals surface area contributed by atoms with E-state index in [1.54, 1.807) is 19.1 Å². The van der Waals surface area contributed by atoms with Crippen LogP contribution in [0, 0.1) is 6.92 Å². The fraction of sp³-hybridized carbons (Fsp3) is 0.350. The van der Waals surface area contributed by atoms with Crippen LogP contribution in [0.4, 0.5) is 5.69 Å². The lowest BCUT2D eigenvalue weighted by atomic mass is 10.2. The third kappa shape index (κ3) is 6.42. The monoisotopic (exact) mass is 424 g/mol. The molecule has 0 atom stereocenters. The van der Waals surface area contributed by atoms with Crippen molar-refractivity contribution in [2.24, 2.45) is 0 Å². The Bertz CT molecular complexity index is 945. The summed E-state index contributed by atoms with van der Waals surface area (Å²) >= 11 is 6.01. The Morgan fingerprint density at radius 1 is 1.21 bits per heavy atom. The van der Waals surface area contributed by atoms with Crippen LogP contribution in [0.5, 0.6) is 5.75 Å². The van der Waals surface area contributed by atoms with E-state index < -0.39 is 15.9 Å². The molecular weight excluding hydrogens is 400 g/mol. The van der Waals surface area contributed by atoms with E-state index in [1.807, 2.05) is 38.1 Å². The Morgan fingerprint density at radius 3 is 2.57 bits per heavy atom. The van der Waals surface area contributed by atoms with E-state index in [2.05, 4.69) is 5.32 Å². The molecule has 0 bridgehead atoms. The van der Waals surface area contributed by atoms with Crippen LogP contribution in [0.3, 0.4) is 0 Å². The van der Waals surface area contributed by atoms with Crippen molar-refractivity contribution in [1.82, 2.24) is 5.32 Å². The number of benzene rings is 2. The van der Waals surface area contributed by atoms with Gasteiger partial charge >= 0.3 is 0 Å². The van der Waals surface area contributed by atoms with E-state index in [0.717, 1.165) is 16.1 Å². The first kappa shape index (κ1) is 22.0. The van der Waals surface area contributed by atoms with Crippen molar-refractivity contribution >= 4 is 33.2 Å². The number of carbonyl (C=O) groups is 1. The number of sulfonamides is 1. The van der Waals surface area contributed by atoms with Gasteiger partial charge in [-0.3, -0.25) is 9.10 Å². The highest BCUT2D eigenvalue weighted by molar-refractivity contribution is 7.92. The second-order valence-electron chi connectivity index (χ2n) is 6.79. The fourth-order valence-corrected chi connectivity index (χ4v) is 3.69. The summed E-state index contributed by atoms with van der Waals surface area (Å²) in [6, 6.07) is 12.3. The molecule has 0 radical (unpaired) electrons. The van der Waals surface area contributed by atoms with Crippen molar-refractivity contribution in [2.45, 2.75) is 33.4 Å². The zero-order valence-electron chi connectivity index (χ0n) is 16.4. The van der Waals surface area contributed by atoms with E-state index in [1.165, 1.54) is 6.07 Å². The zero-order chi connectivity index (χ0) is 20.9. The number of hydrogen-bond donors (Lipinski definition) is 1. The van der Waals surface area contributed by atoms with Crippen molar-refractivity contribution in [3.8, 4) is 5.75 Å². The Labute approximate surface area is 171 Å². The van der Waals surface area contributed by atoms with E-state index in [9.17, 15) is 13.2 Å². The molecule has 0 heterocycles. The molecule has 0 fully saturated rings. The molecule has 8 heteroatoms. The maximum atomic E-state index is 12.4. The molecule has 0 spiro atoms. The number of carbonyl (C=O) groups excluding carboxylic acids is 1. The standard InChI is InChI=1S/C20H25ClN2O4S/c1-14(2)27-18-7-5-6-16(10-18)12-22-20(24)13-23(28(4,25)26)19-11-17(21)9-8-15(19)3/h5-11,14H,12-13H2,1-4H3,(H,22,24). The number of aryl methyl sites for hydroxylation is 1. The first-order valence-corrected chi connectivity index (χ1v) is 11.0. The van der Waals surface area contributed by atoms with Crippen molar-refractivity contribution < 1.29 is 17.9 Å². The molecule has 0 unspecified atom stereocenters. The van der Waals surface area contributed by atoms with Crippen LogP contribution >= 0.6 is 11.6 Å². The van der Waals surface area contributed by atoms with Gasteiger partial charge in [0.1, 0.15) is 12.3 Å². The van der Waals surface area contributed by atoms with Crippen LogP contribution in [-0.4, -0.2) is 33.2 Å². The van der Waals surface area contributed by atoms with E-state index in [0.29, 0.717) is 22.0 Å². The molecule has 0 aliphatic heterocycles. The molecule has 28 heavy (non-hydrogen) atoms. The van der Waals surface area contributed by atoms with Crippen molar-refractivity contribution in [3.05, 3.63) is 58.6 Å². The summed E-state index contributed by atoms with van der Waals surface area (Å²) in [6.45, 7) is 5.57. The molecule has 152 valence electrons. The normalized spacial score (nSPS) is 11.4. The molecular formula is C20H25ClN2O4S. The third-order valence-electron chi connectivity index (χ3n) is 3.89. The third-order valence-corrected chi connectivity index (χ3v) is 5.25. The number of nitrogens with one attached hydrogen (secondary N) is 1. The lowest BCUT2D eigenvalue weighted by Crippen LogP contribution is -2.40. The largest absolute Gasteiger partial charge is 0.491 e. The molecule has 2 aromatic rings. The quantitative estimate of drug-likeness (QED) is 0.703. The van der Waals surface area contributed by atoms with Crippen LogP contribution in [0.15, 0.2) is 42.5 Å². The number of halogens is 1. The van der Waals surface area contributed by atoms with Crippen molar-refractivity contribution in [1.29, 1.82) is 0 Å². The molecule has 0 aliphatic rings. The smallest absolute Gasteiger partial charge is 0.241 e. The maximum absolute atomic E-state index is 12.4. The molecule has 2 aromatic carbocycles. The van der Waals surface area contributed by atoms with Gasteiger partial charge in [-0.15, -0.1) is 0 Å². The summed E-state index contributed by atoms with van der Waals surface area (Å²) in [4.78, 5) is 12.4. The summed E-state index contributed by atoms with van der Waals surface area (Å²) in [5, 5.41) is 3.15. The Kier molecular flexibility index (Phi) is 7.32. The van der Waals surface area contributed by atoms with Gasteiger partial charge in [-0.05, 0) is 56.2 Å².